The largest absolute Gasteiger partial charge is 0.325 e. The molecule has 3 aromatic carbocycles. The van der Waals surface area contributed by atoms with Crippen LogP contribution in [0.15, 0.2) is 77.1 Å². The second-order valence-electron chi connectivity index (χ2n) is 7.89. The molecule has 0 saturated heterocycles. The van der Waals surface area contributed by atoms with E-state index in [1.54, 1.807) is 6.08 Å². The molecule has 35 heavy (non-hydrogen) atoms. The summed E-state index contributed by atoms with van der Waals surface area (Å²) in [6, 6.07) is 21.5. The number of nitrogens with zero attached hydrogens (tertiary/aromatic N) is 1. The maximum Gasteiger partial charge on any atom is 0.248 e. The maximum atomic E-state index is 12.7. The number of thioether (sulfide) groups is 1. The van der Waals surface area contributed by atoms with Crippen molar-refractivity contribution in [1.82, 2.24) is 4.98 Å². The van der Waals surface area contributed by atoms with Crippen molar-refractivity contribution in [3.05, 3.63) is 89.5 Å². The molecule has 0 atom stereocenters. The lowest BCUT2D eigenvalue weighted by Crippen LogP contribution is -2.16. The highest BCUT2D eigenvalue weighted by atomic mass is 32.2. The predicted molar refractivity (Wildman–Crippen MR) is 148 cm³/mol. The van der Waals surface area contributed by atoms with Crippen LogP contribution in [0.3, 0.4) is 0 Å². The fourth-order valence-electron chi connectivity index (χ4n) is 3.67. The fourth-order valence-corrected chi connectivity index (χ4v) is 5.58. The van der Waals surface area contributed by atoms with E-state index in [4.69, 9.17) is 0 Å². The minimum Gasteiger partial charge on any atom is -0.325 e. The summed E-state index contributed by atoms with van der Waals surface area (Å²) >= 11 is 2.94. The predicted octanol–water partition coefficient (Wildman–Crippen LogP) is 6.80. The highest BCUT2D eigenvalue weighted by Gasteiger charge is 2.12. The molecule has 0 unspecified atom stereocenters. The third-order valence-corrected chi connectivity index (χ3v) is 7.61. The maximum absolute atomic E-state index is 12.7. The highest BCUT2D eigenvalue weighted by molar-refractivity contribution is 8.01. The number of hydrogen-bond donors (Lipinski definition) is 2. The van der Waals surface area contributed by atoms with Crippen molar-refractivity contribution in [1.29, 1.82) is 0 Å². The number of carbonyl (C=O) groups is 2. The molecule has 0 radical (unpaired) electrons. The molecule has 2 amide bonds. The van der Waals surface area contributed by atoms with Crippen LogP contribution in [0.1, 0.15) is 30.5 Å². The number of para-hydroxylation sites is 1. The van der Waals surface area contributed by atoms with Crippen molar-refractivity contribution in [2.45, 2.75) is 31.0 Å². The van der Waals surface area contributed by atoms with Gasteiger partial charge in [0.15, 0.2) is 4.34 Å². The van der Waals surface area contributed by atoms with Crippen molar-refractivity contribution in [2.75, 3.05) is 16.4 Å². The van der Waals surface area contributed by atoms with Gasteiger partial charge in [0.05, 0.1) is 16.0 Å². The summed E-state index contributed by atoms with van der Waals surface area (Å²) in [5, 5.41) is 6.00. The molecule has 2 N–H and O–H groups in total. The van der Waals surface area contributed by atoms with Gasteiger partial charge in [0, 0.05) is 17.5 Å². The summed E-state index contributed by atoms with van der Waals surface area (Å²) in [6.07, 6.45) is 5.04. The van der Waals surface area contributed by atoms with E-state index in [0.29, 0.717) is 5.69 Å². The van der Waals surface area contributed by atoms with Gasteiger partial charge in [-0.15, -0.1) is 11.3 Å². The van der Waals surface area contributed by atoms with Gasteiger partial charge in [0.1, 0.15) is 0 Å². The number of aryl methyl sites for hydroxylation is 2. The fraction of sp³-hybridized carbons (Fsp3) is 0.179. The minimum absolute atomic E-state index is 0.0389. The summed E-state index contributed by atoms with van der Waals surface area (Å²) < 4.78 is 1.78. The van der Waals surface area contributed by atoms with Gasteiger partial charge in [-0.3, -0.25) is 9.59 Å². The molecule has 1 heterocycles. The lowest BCUT2D eigenvalue weighted by atomic mass is 10.0. The zero-order chi connectivity index (χ0) is 24.6. The number of benzene rings is 3. The minimum atomic E-state index is -0.192. The zero-order valence-corrected chi connectivity index (χ0v) is 21.3. The molecule has 0 aliphatic rings. The molecule has 0 fully saturated rings. The summed E-state index contributed by atoms with van der Waals surface area (Å²) in [4.78, 5) is 29.6. The van der Waals surface area contributed by atoms with Crippen LogP contribution in [-0.2, 0) is 22.4 Å². The van der Waals surface area contributed by atoms with Crippen LogP contribution in [0.4, 0.5) is 11.4 Å². The lowest BCUT2D eigenvalue weighted by Gasteiger charge is -2.14. The summed E-state index contributed by atoms with van der Waals surface area (Å²) in [6.45, 7) is 4.19. The SMILES string of the molecule is CCc1cccc(CC)c1NC(=O)CSc1nc2ccc(NC(=O)C=Cc3ccccc3)cc2s1. The first-order chi connectivity index (χ1) is 17.1. The van der Waals surface area contributed by atoms with E-state index in [2.05, 4.69) is 41.6 Å². The van der Waals surface area contributed by atoms with Crippen LogP contribution in [0.25, 0.3) is 16.3 Å². The second-order valence-corrected chi connectivity index (χ2v) is 10.1. The van der Waals surface area contributed by atoms with E-state index in [-0.39, 0.29) is 17.6 Å². The van der Waals surface area contributed by atoms with Crippen molar-refractivity contribution < 1.29 is 9.59 Å². The molecular formula is C28H27N3O2S2. The monoisotopic (exact) mass is 501 g/mol. The first-order valence-electron chi connectivity index (χ1n) is 11.5. The van der Waals surface area contributed by atoms with E-state index >= 15 is 0 Å². The van der Waals surface area contributed by atoms with Gasteiger partial charge in [0.2, 0.25) is 11.8 Å². The van der Waals surface area contributed by atoms with Gasteiger partial charge in [-0.05, 0) is 53.8 Å². The quantitative estimate of drug-likeness (QED) is 0.195. The van der Waals surface area contributed by atoms with Crippen molar-refractivity contribution in [3.63, 3.8) is 0 Å². The number of fused-ring (bicyclic) bond motifs is 1. The Morgan fingerprint density at radius 3 is 2.40 bits per heavy atom. The molecule has 0 bridgehead atoms. The number of rotatable bonds is 9. The Kier molecular flexibility index (Phi) is 8.34. The highest BCUT2D eigenvalue weighted by Crippen LogP contribution is 2.31. The van der Waals surface area contributed by atoms with Crippen molar-refractivity contribution in [2.24, 2.45) is 0 Å². The van der Waals surface area contributed by atoms with Crippen LogP contribution in [0.5, 0.6) is 0 Å². The number of anilines is 2. The first kappa shape index (κ1) is 24.7. The number of hydrogen-bond acceptors (Lipinski definition) is 5. The molecule has 0 aliphatic carbocycles. The van der Waals surface area contributed by atoms with Gasteiger partial charge in [-0.2, -0.15) is 0 Å². The molecule has 4 rings (SSSR count). The normalized spacial score (nSPS) is 11.1. The van der Waals surface area contributed by atoms with Gasteiger partial charge >= 0.3 is 0 Å². The average molecular weight is 502 g/mol. The molecular weight excluding hydrogens is 474 g/mol. The molecule has 0 aliphatic heterocycles. The molecule has 178 valence electrons. The third kappa shape index (κ3) is 6.59. The summed E-state index contributed by atoms with van der Waals surface area (Å²) in [7, 11) is 0. The summed E-state index contributed by atoms with van der Waals surface area (Å²) in [5.41, 5.74) is 5.76. The molecule has 0 spiro atoms. The third-order valence-electron chi connectivity index (χ3n) is 5.45. The molecule has 4 aromatic rings. The Labute approximate surface area is 213 Å². The topological polar surface area (TPSA) is 71.1 Å². The number of thiazole rings is 1. The second kappa shape index (κ2) is 11.8. The van der Waals surface area contributed by atoms with Gasteiger partial charge < -0.3 is 10.6 Å². The van der Waals surface area contributed by atoms with Crippen LogP contribution in [0, 0.1) is 0 Å². The Morgan fingerprint density at radius 2 is 1.69 bits per heavy atom. The molecule has 7 heteroatoms. The molecule has 5 nitrogen and oxygen atoms in total. The molecule has 1 aromatic heterocycles. The molecule has 0 saturated carbocycles. The van der Waals surface area contributed by atoms with Crippen LogP contribution >= 0.6 is 23.1 Å². The smallest absolute Gasteiger partial charge is 0.248 e. The van der Waals surface area contributed by atoms with Crippen LogP contribution in [-0.4, -0.2) is 22.6 Å². The van der Waals surface area contributed by atoms with Crippen LogP contribution in [0.2, 0.25) is 0 Å². The number of nitrogens with one attached hydrogen (secondary N) is 2. The standard InChI is InChI=1S/C28H27N3O2S2/c1-3-20-11-8-12-21(4-2)27(20)31-26(33)18-34-28-30-23-15-14-22(17-24(23)35-28)29-25(32)16-13-19-9-6-5-7-10-19/h5-17H,3-4,18H2,1-2H3,(H,29,32)(H,31,33). The lowest BCUT2D eigenvalue weighted by molar-refractivity contribution is -0.114. The Morgan fingerprint density at radius 1 is 0.943 bits per heavy atom. The number of carbonyl (C=O) groups excluding carboxylic acids is 2. The Balaban J connectivity index is 1.37. The van der Waals surface area contributed by atoms with Gasteiger partial charge in [-0.1, -0.05) is 74.1 Å². The van der Waals surface area contributed by atoms with Crippen LogP contribution < -0.4 is 10.6 Å². The summed E-state index contributed by atoms with van der Waals surface area (Å²) in [5.74, 6) is 0.0559. The van der Waals surface area contributed by atoms with Crippen molar-refractivity contribution in [3.8, 4) is 0 Å². The van der Waals surface area contributed by atoms with E-state index in [1.807, 2.05) is 54.6 Å². The van der Waals surface area contributed by atoms with Crippen molar-refractivity contribution >= 4 is 62.6 Å². The zero-order valence-electron chi connectivity index (χ0n) is 19.7. The van der Waals surface area contributed by atoms with Gasteiger partial charge in [0.25, 0.3) is 0 Å². The van der Waals surface area contributed by atoms with E-state index in [0.717, 1.165) is 49.8 Å². The van der Waals surface area contributed by atoms with E-state index in [9.17, 15) is 9.59 Å². The van der Waals surface area contributed by atoms with Gasteiger partial charge in [-0.25, -0.2) is 4.98 Å². The van der Waals surface area contributed by atoms with E-state index in [1.165, 1.54) is 29.2 Å². The van der Waals surface area contributed by atoms with E-state index < -0.39 is 0 Å². The first-order valence-corrected chi connectivity index (χ1v) is 13.3. The Bertz CT molecular complexity index is 1340. The number of amides is 2. The number of aromatic nitrogens is 1. The Hall–Kier alpha value is -3.42. The average Bonchev–Trinajstić information content (AvgIpc) is 3.29.